The molecule has 0 spiro atoms. The molecule has 2 amide bonds. The van der Waals surface area contributed by atoms with Crippen molar-refractivity contribution in [2.75, 3.05) is 0 Å². The van der Waals surface area contributed by atoms with Crippen LogP contribution in [0.4, 0.5) is 4.39 Å². The first kappa shape index (κ1) is 14.5. The smallest absolute Gasteiger partial charge is 0.273 e. The molecule has 2 aromatic rings. The Balaban J connectivity index is 1.83. The lowest BCUT2D eigenvalue weighted by Crippen LogP contribution is -2.42. The third-order valence-electron chi connectivity index (χ3n) is 2.39. The zero-order valence-corrected chi connectivity index (χ0v) is 11.7. The second-order valence-corrected chi connectivity index (χ2v) is 5.62. The number of carbonyl (C=O) groups is 2. The van der Waals surface area contributed by atoms with Crippen molar-refractivity contribution in [2.24, 2.45) is 0 Å². The quantitative estimate of drug-likeness (QED) is 0.856. The molecule has 7 heteroatoms. The van der Waals surface area contributed by atoms with Crippen LogP contribution in [0, 0.1) is 5.82 Å². The van der Waals surface area contributed by atoms with Crippen LogP contribution in [0.25, 0.3) is 0 Å². The number of hydrogen-bond donors (Lipinski definition) is 2. The van der Waals surface area contributed by atoms with Crippen molar-refractivity contribution in [3.8, 4) is 0 Å². The maximum absolute atomic E-state index is 12.7. The first-order chi connectivity index (χ1) is 9.54. The highest BCUT2D eigenvalue weighted by atomic mass is 35.5. The second kappa shape index (κ2) is 6.49. The molecule has 0 aliphatic heterocycles. The molecule has 4 nitrogen and oxygen atoms in total. The van der Waals surface area contributed by atoms with Gasteiger partial charge in [0.1, 0.15) is 5.82 Å². The van der Waals surface area contributed by atoms with Crippen LogP contribution in [0.3, 0.4) is 0 Å². The Kier molecular flexibility index (Phi) is 4.70. The highest BCUT2D eigenvalue weighted by Gasteiger charge is 2.10. The average Bonchev–Trinajstić information content (AvgIpc) is 2.85. The first-order valence-electron chi connectivity index (χ1n) is 5.63. The summed E-state index contributed by atoms with van der Waals surface area (Å²) in [5.41, 5.74) is 5.22. The summed E-state index contributed by atoms with van der Waals surface area (Å²) in [6.07, 6.45) is 0.0474. The summed E-state index contributed by atoms with van der Waals surface area (Å²) < 4.78 is 13.2. The molecule has 0 aliphatic carbocycles. The summed E-state index contributed by atoms with van der Waals surface area (Å²) in [7, 11) is 0. The monoisotopic (exact) mass is 312 g/mol. The molecule has 1 aromatic heterocycles. The number of thiophene rings is 1. The van der Waals surface area contributed by atoms with Crippen molar-refractivity contribution < 1.29 is 14.0 Å². The molecule has 1 aromatic carbocycles. The van der Waals surface area contributed by atoms with E-state index in [-0.39, 0.29) is 12.2 Å². The van der Waals surface area contributed by atoms with Gasteiger partial charge in [0.25, 0.3) is 5.91 Å². The van der Waals surface area contributed by atoms with Gasteiger partial charge < -0.3 is 0 Å². The van der Waals surface area contributed by atoms with Gasteiger partial charge in [-0.25, -0.2) is 4.39 Å². The van der Waals surface area contributed by atoms with Crippen LogP contribution in [0.2, 0.25) is 4.34 Å². The van der Waals surface area contributed by atoms with Crippen LogP contribution in [0.5, 0.6) is 0 Å². The van der Waals surface area contributed by atoms with Gasteiger partial charge in [0, 0.05) is 0 Å². The highest BCUT2D eigenvalue weighted by Crippen LogP contribution is 2.20. The largest absolute Gasteiger partial charge is 0.279 e. The lowest BCUT2D eigenvalue weighted by Gasteiger charge is -2.06. The van der Waals surface area contributed by atoms with Gasteiger partial charge in [0.15, 0.2) is 0 Å². The van der Waals surface area contributed by atoms with Gasteiger partial charge >= 0.3 is 0 Å². The third-order valence-corrected chi connectivity index (χ3v) is 3.62. The Morgan fingerprint density at radius 3 is 2.40 bits per heavy atom. The van der Waals surface area contributed by atoms with E-state index in [4.69, 9.17) is 11.6 Å². The van der Waals surface area contributed by atoms with E-state index in [1.54, 1.807) is 12.1 Å². The Hall–Kier alpha value is -1.92. The minimum Gasteiger partial charge on any atom is -0.273 e. The van der Waals surface area contributed by atoms with Crippen molar-refractivity contribution in [3.63, 3.8) is 0 Å². The minimum absolute atomic E-state index is 0.0474. The van der Waals surface area contributed by atoms with Crippen LogP contribution in [-0.2, 0) is 11.2 Å². The van der Waals surface area contributed by atoms with E-state index in [0.717, 1.165) is 11.3 Å². The fourth-order valence-corrected chi connectivity index (χ4v) is 2.39. The molecule has 0 saturated carbocycles. The van der Waals surface area contributed by atoms with Crippen molar-refractivity contribution >= 4 is 34.8 Å². The first-order valence-corrected chi connectivity index (χ1v) is 6.83. The zero-order chi connectivity index (χ0) is 14.5. The SMILES string of the molecule is O=C(Cc1ccc(F)cc1)NNC(=O)c1ccc(Cl)s1. The lowest BCUT2D eigenvalue weighted by molar-refractivity contribution is -0.121. The van der Waals surface area contributed by atoms with Gasteiger partial charge in [0.05, 0.1) is 15.6 Å². The summed E-state index contributed by atoms with van der Waals surface area (Å²) in [6, 6.07) is 8.73. The van der Waals surface area contributed by atoms with Crippen molar-refractivity contribution in [2.45, 2.75) is 6.42 Å². The van der Waals surface area contributed by atoms with E-state index < -0.39 is 11.8 Å². The molecule has 0 unspecified atom stereocenters. The predicted molar refractivity (Wildman–Crippen MR) is 75.0 cm³/mol. The summed E-state index contributed by atoms with van der Waals surface area (Å²) in [4.78, 5) is 23.6. The van der Waals surface area contributed by atoms with E-state index >= 15 is 0 Å². The van der Waals surface area contributed by atoms with Crippen LogP contribution < -0.4 is 10.9 Å². The second-order valence-electron chi connectivity index (χ2n) is 3.91. The molecule has 0 aliphatic rings. The van der Waals surface area contributed by atoms with E-state index in [9.17, 15) is 14.0 Å². The fraction of sp³-hybridized carbons (Fsp3) is 0.0769. The number of amides is 2. The van der Waals surface area contributed by atoms with Crippen LogP contribution >= 0.6 is 22.9 Å². The number of carbonyl (C=O) groups excluding carboxylic acids is 2. The average molecular weight is 313 g/mol. The fourth-order valence-electron chi connectivity index (χ4n) is 1.46. The number of benzene rings is 1. The summed E-state index contributed by atoms with van der Waals surface area (Å²) in [6.45, 7) is 0. The molecule has 2 rings (SSSR count). The molecule has 0 radical (unpaired) electrons. The van der Waals surface area contributed by atoms with Crippen molar-refractivity contribution in [1.29, 1.82) is 0 Å². The topological polar surface area (TPSA) is 58.2 Å². The number of rotatable bonds is 3. The van der Waals surface area contributed by atoms with Gasteiger partial charge in [-0.1, -0.05) is 23.7 Å². The van der Waals surface area contributed by atoms with E-state index in [1.165, 1.54) is 24.3 Å². The number of halogens is 2. The maximum Gasteiger partial charge on any atom is 0.279 e. The third kappa shape index (κ3) is 4.04. The van der Waals surface area contributed by atoms with Crippen molar-refractivity contribution in [3.05, 3.63) is 57.0 Å². The Morgan fingerprint density at radius 1 is 1.10 bits per heavy atom. The van der Waals surface area contributed by atoms with Crippen molar-refractivity contribution in [1.82, 2.24) is 10.9 Å². The van der Waals surface area contributed by atoms with Crippen LogP contribution in [0.1, 0.15) is 15.2 Å². The van der Waals surface area contributed by atoms with Crippen LogP contribution in [0.15, 0.2) is 36.4 Å². The number of nitrogens with one attached hydrogen (secondary N) is 2. The molecule has 0 fully saturated rings. The van der Waals surface area contributed by atoms with Gasteiger partial charge in [-0.15, -0.1) is 11.3 Å². The minimum atomic E-state index is -0.436. The van der Waals surface area contributed by atoms with E-state index in [0.29, 0.717) is 14.8 Å². The summed E-state index contributed by atoms with van der Waals surface area (Å²) in [5, 5.41) is 0. The highest BCUT2D eigenvalue weighted by molar-refractivity contribution is 7.17. The Bertz CT molecular complexity index is 628. The number of hydrogen-bond acceptors (Lipinski definition) is 3. The standard InChI is InChI=1S/C13H10ClFN2O2S/c14-11-6-5-10(20-11)13(19)17-16-12(18)7-8-1-3-9(15)4-2-8/h1-6H,7H2,(H,16,18)(H,17,19). The van der Waals surface area contributed by atoms with Gasteiger partial charge in [-0.2, -0.15) is 0 Å². The predicted octanol–water partition coefficient (Wildman–Crippen LogP) is 2.54. The molecular formula is C13H10ClFN2O2S. The molecule has 1 heterocycles. The number of hydrazine groups is 1. The van der Waals surface area contributed by atoms with E-state index in [2.05, 4.69) is 10.9 Å². The normalized spacial score (nSPS) is 10.1. The Labute approximate surface area is 123 Å². The molecular weight excluding hydrogens is 303 g/mol. The van der Waals surface area contributed by atoms with Gasteiger partial charge in [0.2, 0.25) is 5.91 Å². The molecule has 0 saturated heterocycles. The summed E-state index contributed by atoms with van der Waals surface area (Å²) in [5.74, 6) is -1.20. The lowest BCUT2D eigenvalue weighted by atomic mass is 10.1. The summed E-state index contributed by atoms with van der Waals surface area (Å²) >= 11 is 6.82. The molecule has 104 valence electrons. The zero-order valence-electron chi connectivity index (χ0n) is 10.2. The van der Waals surface area contributed by atoms with Gasteiger partial charge in [-0.05, 0) is 29.8 Å². The molecule has 0 bridgehead atoms. The maximum atomic E-state index is 12.7. The van der Waals surface area contributed by atoms with Crippen LogP contribution in [-0.4, -0.2) is 11.8 Å². The Morgan fingerprint density at radius 2 is 1.80 bits per heavy atom. The molecule has 2 N–H and O–H groups in total. The van der Waals surface area contributed by atoms with E-state index in [1.807, 2.05) is 0 Å². The van der Waals surface area contributed by atoms with Gasteiger partial charge in [-0.3, -0.25) is 20.4 Å². The molecule has 0 atom stereocenters. The molecule has 20 heavy (non-hydrogen) atoms.